The van der Waals surface area contributed by atoms with Crippen LogP contribution in [0.4, 0.5) is 5.82 Å². The molecule has 1 atom stereocenters. The van der Waals surface area contributed by atoms with Gasteiger partial charge in [-0.05, 0) is 18.6 Å². The van der Waals surface area contributed by atoms with Crippen LogP contribution in [0.2, 0.25) is 0 Å². The Bertz CT molecular complexity index is 430. The van der Waals surface area contributed by atoms with Gasteiger partial charge in [-0.2, -0.15) is 22.1 Å². The molecule has 0 spiro atoms. The number of aromatic nitrogens is 2. The second-order valence-electron chi connectivity index (χ2n) is 4.75. The van der Waals surface area contributed by atoms with Crippen LogP contribution in [0.15, 0.2) is 6.20 Å². The summed E-state index contributed by atoms with van der Waals surface area (Å²) in [6.45, 7) is 4.49. The standard InChI is InChI=1S/C11H16N4S/c1-11(2)5-9(3-4-16-11)15-10(13)8(6-12)7-14-15/h7,9H,3-5,13H2,1-2H3. The van der Waals surface area contributed by atoms with Crippen molar-refractivity contribution in [3.8, 4) is 6.07 Å². The van der Waals surface area contributed by atoms with E-state index in [1.54, 1.807) is 6.20 Å². The maximum Gasteiger partial charge on any atom is 0.140 e. The van der Waals surface area contributed by atoms with Gasteiger partial charge < -0.3 is 5.73 Å². The lowest BCUT2D eigenvalue weighted by atomic mass is 10.00. The largest absolute Gasteiger partial charge is 0.383 e. The fraction of sp³-hybridized carbons (Fsp3) is 0.636. The highest BCUT2D eigenvalue weighted by Crippen LogP contribution is 2.41. The minimum absolute atomic E-state index is 0.272. The molecule has 0 amide bonds. The molecule has 1 fully saturated rings. The van der Waals surface area contributed by atoms with Crippen LogP contribution in [0.25, 0.3) is 0 Å². The molecule has 16 heavy (non-hydrogen) atoms. The molecular formula is C11H16N4S. The van der Waals surface area contributed by atoms with Gasteiger partial charge in [0.05, 0.1) is 12.2 Å². The van der Waals surface area contributed by atoms with Crippen LogP contribution in [-0.2, 0) is 0 Å². The molecule has 5 heteroatoms. The van der Waals surface area contributed by atoms with Gasteiger partial charge in [-0.1, -0.05) is 13.8 Å². The molecule has 4 nitrogen and oxygen atoms in total. The van der Waals surface area contributed by atoms with Crippen molar-refractivity contribution >= 4 is 17.6 Å². The number of rotatable bonds is 1. The van der Waals surface area contributed by atoms with Crippen LogP contribution in [0.1, 0.15) is 38.3 Å². The zero-order valence-electron chi connectivity index (χ0n) is 9.60. The molecule has 0 bridgehead atoms. The Hall–Kier alpha value is -1.15. The summed E-state index contributed by atoms with van der Waals surface area (Å²) < 4.78 is 2.09. The van der Waals surface area contributed by atoms with E-state index in [2.05, 4.69) is 25.0 Å². The van der Waals surface area contributed by atoms with Crippen LogP contribution in [0, 0.1) is 11.3 Å². The van der Waals surface area contributed by atoms with Gasteiger partial charge in [0.15, 0.2) is 0 Å². The topological polar surface area (TPSA) is 67.6 Å². The summed E-state index contributed by atoms with van der Waals surface area (Å²) in [6.07, 6.45) is 3.68. The van der Waals surface area contributed by atoms with Gasteiger partial charge in [-0.3, -0.25) is 0 Å². The Balaban J connectivity index is 2.24. The average Bonchev–Trinajstić information content (AvgIpc) is 2.58. The Kier molecular flexibility index (Phi) is 2.85. The minimum Gasteiger partial charge on any atom is -0.383 e. The van der Waals surface area contributed by atoms with Crippen LogP contribution >= 0.6 is 11.8 Å². The molecular weight excluding hydrogens is 220 g/mol. The summed E-state index contributed by atoms with van der Waals surface area (Å²) in [5, 5.41) is 13.1. The first-order valence-corrected chi connectivity index (χ1v) is 6.39. The second kappa shape index (κ2) is 4.02. The van der Waals surface area contributed by atoms with E-state index in [9.17, 15) is 0 Å². The summed E-state index contributed by atoms with van der Waals surface area (Å²) in [7, 11) is 0. The maximum absolute atomic E-state index is 8.85. The number of hydrogen-bond acceptors (Lipinski definition) is 4. The number of nitrogen functional groups attached to an aromatic ring is 1. The van der Waals surface area contributed by atoms with Gasteiger partial charge in [-0.25, -0.2) is 4.68 Å². The van der Waals surface area contributed by atoms with Crippen molar-refractivity contribution in [3.63, 3.8) is 0 Å². The molecule has 2 heterocycles. The van der Waals surface area contributed by atoms with Crippen molar-refractivity contribution in [2.75, 3.05) is 11.5 Å². The lowest BCUT2D eigenvalue weighted by Gasteiger charge is -2.35. The second-order valence-corrected chi connectivity index (χ2v) is 6.56. The first-order valence-electron chi connectivity index (χ1n) is 5.40. The molecule has 2 rings (SSSR count). The van der Waals surface area contributed by atoms with E-state index in [-0.39, 0.29) is 4.75 Å². The van der Waals surface area contributed by atoms with Crippen LogP contribution in [0.5, 0.6) is 0 Å². The summed E-state index contributed by atoms with van der Waals surface area (Å²) >= 11 is 1.99. The van der Waals surface area contributed by atoms with Crippen molar-refractivity contribution in [3.05, 3.63) is 11.8 Å². The molecule has 0 saturated carbocycles. The van der Waals surface area contributed by atoms with Crippen molar-refractivity contribution in [1.29, 1.82) is 5.26 Å². The van der Waals surface area contributed by atoms with Crippen molar-refractivity contribution in [2.24, 2.45) is 0 Å². The molecule has 1 aromatic rings. The number of thioether (sulfide) groups is 1. The van der Waals surface area contributed by atoms with Gasteiger partial charge in [0.2, 0.25) is 0 Å². The minimum atomic E-state index is 0.272. The normalized spacial score (nSPS) is 23.9. The highest BCUT2D eigenvalue weighted by molar-refractivity contribution is 8.00. The molecule has 86 valence electrons. The Morgan fingerprint density at radius 2 is 2.44 bits per heavy atom. The average molecular weight is 236 g/mol. The smallest absolute Gasteiger partial charge is 0.140 e. The van der Waals surface area contributed by atoms with Gasteiger partial charge in [-0.15, -0.1) is 0 Å². The lowest BCUT2D eigenvalue weighted by molar-refractivity contribution is 0.374. The zero-order valence-corrected chi connectivity index (χ0v) is 10.4. The first-order chi connectivity index (χ1) is 7.53. The summed E-state index contributed by atoms with van der Waals surface area (Å²) in [5.41, 5.74) is 6.39. The van der Waals surface area contributed by atoms with Gasteiger partial charge in [0, 0.05) is 4.75 Å². The van der Waals surface area contributed by atoms with Crippen molar-refractivity contribution in [1.82, 2.24) is 9.78 Å². The molecule has 1 aromatic heterocycles. The molecule has 0 radical (unpaired) electrons. The number of nitrogens with zero attached hydrogens (tertiary/aromatic N) is 3. The zero-order chi connectivity index (χ0) is 11.8. The van der Waals surface area contributed by atoms with Crippen LogP contribution in [-0.4, -0.2) is 20.3 Å². The fourth-order valence-electron chi connectivity index (χ4n) is 2.16. The van der Waals surface area contributed by atoms with E-state index in [1.165, 1.54) is 0 Å². The number of anilines is 1. The third kappa shape index (κ3) is 2.03. The molecule has 2 N–H and O–H groups in total. The van der Waals surface area contributed by atoms with Crippen molar-refractivity contribution < 1.29 is 0 Å². The summed E-state index contributed by atoms with van der Waals surface area (Å²) in [5.74, 6) is 1.63. The van der Waals surface area contributed by atoms with E-state index in [4.69, 9.17) is 11.0 Å². The number of hydrogen-bond donors (Lipinski definition) is 1. The van der Waals surface area contributed by atoms with Crippen LogP contribution < -0.4 is 5.73 Å². The molecule has 1 saturated heterocycles. The van der Waals surface area contributed by atoms with E-state index >= 15 is 0 Å². The van der Waals surface area contributed by atoms with Crippen LogP contribution in [0.3, 0.4) is 0 Å². The number of nitriles is 1. The highest BCUT2D eigenvalue weighted by Gasteiger charge is 2.31. The predicted octanol–water partition coefficient (Wildman–Crippen LogP) is 2.18. The molecule has 0 aromatic carbocycles. The highest BCUT2D eigenvalue weighted by atomic mass is 32.2. The van der Waals surface area contributed by atoms with Gasteiger partial charge >= 0.3 is 0 Å². The van der Waals surface area contributed by atoms with Crippen molar-refractivity contribution in [2.45, 2.75) is 37.5 Å². The number of nitrogens with two attached hydrogens (primary N) is 1. The maximum atomic E-state index is 8.85. The third-order valence-electron chi connectivity index (χ3n) is 2.97. The monoisotopic (exact) mass is 236 g/mol. The van der Waals surface area contributed by atoms with E-state index in [1.807, 2.05) is 16.4 Å². The Morgan fingerprint density at radius 3 is 3.00 bits per heavy atom. The summed E-state index contributed by atoms with van der Waals surface area (Å²) in [6, 6.07) is 2.39. The Labute approximate surface area is 99.8 Å². The van der Waals surface area contributed by atoms with Gasteiger partial charge in [0.25, 0.3) is 0 Å². The van der Waals surface area contributed by atoms with Gasteiger partial charge in [0.1, 0.15) is 17.5 Å². The van der Waals surface area contributed by atoms with E-state index in [0.717, 1.165) is 18.6 Å². The SMILES string of the molecule is CC1(C)CC(n2ncc(C#N)c2N)CCS1. The quantitative estimate of drug-likeness (QED) is 0.811. The lowest BCUT2D eigenvalue weighted by Crippen LogP contribution is -2.29. The molecule has 1 aliphatic heterocycles. The Morgan fingerprint density at radius 1 is 1.69 bits per heavy atom. The summed E-state index contributed by atoms with van der Waals surface area (Å²) in [4.78, 5) is 0. The van der Waals surface area contributed by atoms with E-state index in [0.29, 0.717) is 17.4 Å². The molecule has 1 aliphatic rings. The first kappa shape index (κ1) is 11.3. The molecule has 0 aliphatic carbocycles. The fourth-order valence-corrected chi connectivity index (χ4v) is 3.41. The predicted molar refractivity (Wildman–Crippen MR) is 66.2 cm³/mol. The molecule has 1 unspecified atom stereocenters. The third-order valence-corrected chi connectivity index (χ3v) is 4.36. The van der Waals surface area contributed by atoms with E-state index < -0.39 is 0 Å².